The molecule has 4 unspecified atom stereocenters. The number of nitrogens with zero attached hydrogens (tertiary/aromatic N) is 1. The first-order valence-corrected chi connectivity index (χ1v) is 12.6. The van der Waals surface area contributed by atoms with Crippen LogP contribution < -0.4 is 20.7 Å². The van der Waals surface area contributed by atoms with Crippen LogP contribution >= 0.6 is 11.8 Å². The third-order valence-corrected chi connectivity index (χ3v) is 7.83. The average molecular weight is 495 g/mol. The normalized spacial score (nSPS) is 25.7. The Morgan fingerprint density at radius 2 is 1.91 bits per heavy atom. The van der Waals surface area contributed by atoms with Crippen LogP contribution in [0.1, 0.15) is 36.3 Å². The molecule has 1 saturated heterocycles. The van der Waals surface area contributed by atoms with Gasteiger partial charge < -0.3 is 15.4 Å². The number of nitro groups is 1. The minimum absolute atomic E-state index is 0.0479. The number of carbonyl (C=O) groups is 2. The molecule has 0 radical (unpaired) electrons. The van der Waals surface area contributed by atoms with Crippen LogP contribution in [0.3, 0.4) is 0 Å². The summed E-state index contributed by atoms with van der Waals surface area (Å²) in [6.07, 6.45) is 1.71. The number of ketones is 1. The molecule has 1 amide bonds. The molecule has 0 spiro atoms. The fourth-order valence-corrected chi connectivity index (χ4v) is 6.09. The summed E-state index contributed by atoms with van der Waals surface area (Å²) in [7, 11) is 1.60. The molecule has 0 saturated carbocycles. The molecule has 1 fully saturated rings. The predicted octanol–water partition coefficient (Wildman–Crippen LogP) is 3.18. The van der Waals surface area contributed by atoms with Crippen molar-refractivity contribution in [3.05, 3.63) is 81.0 Å². The molecule has 2 aliphatic heterocycles. The highest BCUT2D eigenvalue weighted by Crippen LogP contribution is 2.44. The highest BCUT2D eigenvalue weighted by atomic mass is 32.2. The van der Waals surface area contributed by atoms with Crippen LogP contribution in [0.4, 0.5) is 5.69 Å². The van der Waals surface area contributed by atoms with Gasteiger partial charge in [0.2, 0.25) is 5.91 Å². The maximum Gasteiger partial charge on any atom is 0.269 e. The van der Waals surface area contributed by atoms with Crippen molar-refractivity contribution in [1.82, 2.24) is 16.0 Å². The second-order valence-electron chi connectivity index (χ2n) is 8.86. The van der Waals surface area contributed by atoms with Gasteiger partial charge in [-0.3, -0.25) is 25.0 Å². The van der Waals surface area contributed by atoms with Gasteiger partial charge in [-0.1, -0.05) is 24.3 Å². The Morgan fingerprint density at radius 3 is 2.66 bits per heavy atom. The number of fused-ring (bicyclic) bond motifs is 1. The first-order valence-electron chi connectivity index (χ1n) is 11.5. The van der Waals surface area contributed by atoms with Gasteiger partial charge in [0.15, 0.2) is 5.78 Å². The van der Waals surface area contributed by atoms with E-state index in [1.807, 2.05) is 24.3 Å². The standard InChI is InChI=1S/C25H26N4O5S/c1-34-17-5-2-4-15(12-17)20-21-18(6-3-7-19(21)30)26-23-22(20)24(31)28-25(27-23)35-13-14-8-10-16(11-9-14)29(32)33/h2,4-5,8-12,20,22-23,25-27H,3,6-7,13H2,1H3,(H,28,31). The summed E-state index contributed by atoms with van der Waals surface area (Å²) in [6.45, 7) is 0. The molecule has 3 aliphatic rings. The average Bonchev–Trinajstić information content (AvgIpc) is 2.86. The van der Waals surface area contributed by atoms with Crippen molar-refractivity contribution in [3.8, 4) is 5.75 Å². The fraction of sp³-hybridized carbons (Fsp3) is 0.360. The Balaban J connectivity index is 1.38. The molecule has 0 aromatic heterocycles. The Bertz CT molecular complexity index is 1200. The lowest BCUT2D eigenvalue weighted by atomic mass is 9.70. The number of benzene rings is 2. The number of hydrogen-bond donors (Lipinski definition) is 3. The predicted molar refractivity (Wildman–Crippen MR) is 131 cm³/mol. The number of carbonyl (C=O) groups excluding carboxylic acids is 2. The van der Waals surface area contributed by atoms with Gasteiger partial charge in [-0.2, -0.15) is 0 Å². The molecule has 5 rings (SSSR count). The van der Waals surface area contributed by atoms with Crippen molar-refractivity contribution in [1.29, 1.82) is 0 Å². The van der Waals surface area contributed by atoms with Gasteiger partial charge >= 0.3 is 0 Å². The fourth-order valence-electron chi connectivity index (χ4n) is 5.09. The number of non-ortho nitro benzene ring substituents is 1. The number of ether oxygens (including phenoxy) is 1. The zero-order valence-electron chi connectivity index (χ0n) is 19.2. The summed E-state index contributed by atoms with van der Waals surface area (Å²) >= 11 is 1.50. The smallest absolute Gasteiger partial charge is 0.269 e. The highest BCUT2D eigenvalue weighted by molar-refractivity contribution is 7.99. The van der Waals surface area contributed by atoms with E-state index in [0.717, 1.165) is 29.7 Å². The summed E-state index contributed by atoms with van der Waals surface area (Å²) in [5.41, 5.74) is 3.13. The van der Waals surface area contributed by atoms with E-state index in [-0.39, 0.29) is 35.0 Å². The minimum Gasteiger partial charge on any atom is -0.497 e. The molecule has 182 valence electrons. The molecule has 0 bridgehead atoms. The molecule has 1 aliphatic carbocycles. The third-order valence-electron chi connectivity index (χ3n) is 6.74. The van der Waals surface area contributed by atoms with Gasteiger partial charge in [-0.25, -0.2) is 0 Å². The number of thioether (sulfide) groups is 1. The van der Waals surface area contributed by atoms with Crippen molar-refractivity contribution in [2.45, 2.75) is 42.6 Å². The van der Waals surface area contributed by atoms with Gasteiger partial charge in [0.05, 0.1) is 24.1 Å². The Hall–Kier alpha value is -3.37. The van der Waals surface area contributed by atoms with E-state index in [0.29, 0.717) is 23.5 Å². The van der Waals surface area contributed by atoms with Crippen molar-refractivity contribution in [3.63, 3.8) is 0 Å². The SMILES string of the molecule is COc1cccc(C2C3=C(CCCC3=O)NC3NC(SCc4ccc([N+](=O)[O-])cc4)NC(=O)C32)c1. The first kappa shape index (κ1) is 23.4. The summed E-state index contributed by atoms with van der Waals surface area (Å²) in [4.78, 5) is 36.9. The molecule has 9 nitrogen and oxygen atoms in total. The van der Waals surface area contributed by atoms with E-state index in [1.165, 1.54) is 23.9 Å². The second-order valence-corrected chi connectivity index (χ2v) is 9.95. The van der Waals surface area contributed by atoms with Gasteiger partial charge in [0, 0.05) is 41.5 Å². The number of methoxy groups -OCH3 is 1. The maximum absolute atomic E-state index is 13.4. The number of hydrogen-bond acceptors (Lipinski definition) is 8. The highest BCUT2D eigenvalue weighted by Gasteiger charge is 2.49. The van der Waals surface area contributed by atoms with Crippen LogP contribution in [-0.2, 0) is 15.3 Å². The second kappa shape index (κ2) is 9.71. The maximum atomic E-state index is 13.4. The van der Waals surface area contributed by atoms with E-state index in [9.17, 15) is 19.7 Å². The van der Waals surface area contributed by atoms with Crippen molar-refractivity contribution in [2.75, 3.05) is 7.11 Å². The largest absolute Gasteiger partial charge is 0.497 e. The molecular weight excluding hydrogens is 468 g/mol. The lowest BCUT2D eigenvalue weighted by molar-refractivity contribution is -0.384. The molecule has 2 aromatic rings. The first-order chi connectivity index (χ1) is 16.9. The van der Waals surface area contributed by atoms with E-state index in [4.69, 9.17) is 4.74 Å². The quantitative estimate of drug-likeness (QED) is 0.413. The van der Waals surface area contributed by atoms with E-state index in [1.54, 1.807) is 19.2 Å². The topological polar surface area (TPSA) is 123 Å². The van der Waals surface area contributed by atoms with E-state index < -0.39 is 10.8 Å². The van der Waals surface area contributed by atoms with E-state index >= 15 is 0 Å². The number of rotatable bonds is 6. The van der Waals surface area contributed by atoms with Crippen molar-refractivity contribution in [2.24, 2.45) is 5.92 Å². The lowest BCUT2D eigenvalue weighted by Gasteiger charge is -2.47. The number of nitrogens with one attached hydrogen (secondary N) is 3. The number of nitro benzene ring substituents is 1. The Labute approximate surface area is 206 Å². The van der Waals surface area contributed by atoms with Crippen LogP contribution in [0, 0.1) is 16.0 Å². The van der Waals surface area contributed by atoms with Crippen LogP contribution in [0.5, 0.6) is 5.75 Å². The molecular formula is C25H26N4O5S. The van der Waals surface area contributed by atoms with Gasteiger partial charge in [0.1, 0.15) is 11.2 Å². The molecule has 35 heavy (non-hydrogen) atoms. The summed E-state index contributed by atoms with van der Waals surface area (Å²) in [5, 5.41) is 20.9. The van der Waals surface area contributed by atoms with Crippen LogP contribution in [0.25, 0.3) is 0 Å². The summed E-state index contributed by atoms with van der Waals surface area (Å²) < 4.78 is 5.41. The molecule has 2 aromatic carbocycles. The molecule has 4 atom stereocenters. The van der Waals surface area contributed by atoms with Crippen LogP contribution in [0.15, 0.2) is 59.8 Å². The van der Waals surface area contributed by atoms with Crippen LogP contribution in [0.2, 0.25) is 0 Å². The molecule has 2 heterocycles. The summed E-state index contributed by atoms with van der Waals surface area (Å²) in [6, 6.07) is 14.0. The zero-order valence-corrected chi connectivity index (χ0v) is 20.0. The minimum atomic E-state index is -0.501. The van der Waals surface area contributed by atoms with E-state index in [2.05, 4.69) is 16.0 Å². The Kier molecular flexibility index (Phi) is 6.48. The van der Waals surface area contributed by atoms with Gasteiger partial charge in [-0.05, 0) is 36.1 Å². The lowest BCUT2D eigenvalue weighted by Crippen LogP contribution is -2.67. The number of amides is 1. The van der Waals surface area contributed by atoms with Crippen molar-refractivity contribution < 1.29 is 19.2 Å². The summed E-state index contributed by atoms with van der Waals surface area (Å²) in [5.74, 6) is 0.349. The van der Waals surface area contributed by atoms with Gasteiger partial charge in [-0.15, -0.1) is 11.8 Å². The van der Waals surface area contributed by atoms with Crippen LogP contribution in [-0.4, -0.2) is 35.4 Å². The molecule has 10 heteroatoms. The third kappa shape index (κ3) is 4.63. The number of allylic oxidation sites excluding steroid dienone is 2. The monoisotopic (exact) mass is 494 g/mol. The Morgan fingerprint density at radius 1 is 1.11 bits per heavy atom. The molecule has 3 N–H and O–H groups in total. The van der Waals surface area contributed by atoms with Crippen molar-refractivity contribution >= 4 is 29.1 Å². The number of Topliss-reactive ketones (excluding diaryl/α,β-unsaturated/α-hetero) is 1. The van der Waals surface area contributed by atoms with Gasteiger partial charge in [0.25, 0.3) is 5.69 Å². The zero-order chi connectivity index (χ0) is 24.5.